The van der Waals surface area contributed by atoms with Crippen molar-refractivity contribution >= 4 is 17.4 Å². The second-order valence-electron chi connectivity index (χ2n) is 13.1. The highest BCUT2D eigenvalue weighted by molar-refractivity contribution is 8.03. The van der Waals surface area contributed by atoms with Crippen LogP contribution < -0.4 is 24.0 Å². The number of aromatic nitrogens is 3. The monoisotopic (exact) mass is 851 g/mol. The van der Waals surface area contributed by atoms with Crippen molar-refractivity contribution in [1.82, 2.24) is 15.0 Å². The molecule has 61 heavy (non-hydrogen) atoms. The van der Waals surface area contributed by atoms with Crippen LogP contribution in [0.15, 0.2) is 95.9 Å². The number of anilines is 1. The summed E-state index contributed by atoms with van der Waals surface area (Å²) in [5.74, 6) is 4.80. The number of thioether (sulfide) groups is 1. The van der Waals surface area contributed by atoms with E-state index < -0.39 is 0 Å². The van der Waals surface area contributed by atoms with Crippen molar-refractivity contribution in [2.24, 2.45) is 0 Å². The highest BCUT2D eigenvalue weighted by atomic mass is 32.2. The van der Waals surface area contributed by atoms with Crippen LogP contribution in [0.25, 0.3) is 22.5 Å². The fraction of sp³-hybridized carbons (Fsp3) is 0.356. The standard InChI is InChI=1S/C45H49N5O10S/c1-2-16-52-18-20-54-23-27-58-37-30-38(32-39(31-37)60-29-25-56-22-26-57-36-11-13-40(14-12-36)61-34-46)59-28-24-55-21-19-53-17-15-49-45-41-8-4-3-7-35(41)33-50(51)43-10-6-5-9-42(43)44(45)47-48-49/h1,3-14,30-32,51H,15-29,33H2. The number of benzene rings is 4. The maximum absolute atomic E-state index is 10.9. The van der Waals surface area contributed by atoms with Gasteiger partial charge in [0, 0.05) is 34.2 Å². The molecule has 0 amide bonds. The van der Waals surface area contributed by atoms with Gasteiger partial charge in [0.1, 0.15) is 67.1 Å². The van der Waals surface area contributed by atoms with Crippen LogP contribution in [-0.4, -0.2) is 113 Å². The van der Waals surface area contributed by atoms with E-state index in [2.05, 4.69) is 16.2 Å². The molecule has 0 fully saturated rings. The Labute approximate surface area is 359 Å². The first-order chi connectivity index (χ1) is 30.1. The summed E-state index contributed by atoms with van der Waals surface area (Å²) < 4.78 is 53.7. The summed E-state index contributed by atoms with van der Waals surface area (Å²) in [6.07, 6.45) is 5.20. The first kappa shape index (κ1) is 44.7. The number of rotatable bonds is 27. The quantitative estimate of drug-likeness (QED) is 0.0263. The maximum Gasteiger partial charge on any atom is 0.138 e. The van der Waals surface area contributed by atoms with Gasteiger partial charge in [0.25, 0.3) is 0 Å². The third-order valence-corrected chi connectivity index (χ3v) is 9.57. The minimum atomic E-state index is 0.248. The van der Waals surface area contributed by atoms with Crippen molar-refractivity contribution < 1.29 is 47.8 Å². The van der Waals surface area contributed by atoms with Crippen molar-refractivity contribution in [1.29, 1.82) is 5.26 Å². The van der Waals surface area contributed by atoms with Crippen molar-refractivity contribution in [3.05, 3.63) is 96.6 Å². The van der Waals surface area contributed by atoms with E-state index in [4.69, 9.17) is 54.3 Å². The van der Waals surface area contributed by atoms with Gasteiger partial charge in [0.05, 0.1) is 83.9 Å². The Morgan fingerprint density at radius 1 is 0.623 bits per heavy atom. The molecule has 1 aliphatic rings. The lowest BCUT2D eigenvalue weighted by molar-refractivity contribution is 0.0332. The molecule has 4 aromatic carbocycles. The average Bonchev–Trinajstić information content (AvgIpc) is 3.69. The van der Waals surface area contributed by atoms with Gasteiger partial charge in [-0.3, -0.25) is 10.3 Å². The Kier molecular flexibility index (Phi) is 18.4. The smallest absolute Gasteiger partial charge is 0.138 e. The minimum absolute atomic E-state index is 0.248. The van der Waals surface area contributed by atoms with Gasteiger partial charge in [-0.25, -0.2) is 4.68 Å². The number of para-hydroxylation sites is 1. The molecule has 0 unspecified atom stereocenters. The van der Waals surface area contributed by atoms with Crippen LogP contribution in [-0.2, 0) is 36.8 Å². The molecule has 0 aliphatic carbocycles. The number of nitriles is 1. The van der Waals surface area contributed by atoms with Crippen LogP contribution in [0.1, 0.15) is 5.56 Å². The van der Waals surface area contributed by atoms with Crippen molar-refractivity contribution in [3.8, 4) is 63.3 Å². The second-order valence-corrected chi connectivity index (χ2v) is 14.0. The molecule has 16 heteroatoms. The molecule has 0 bridgehead atoms. The van der Waals surface area contributed by atoms with Gasteiger partial charge < -0.3 is 42.6 Å². The summed E-state index contributed by atoms with van der Waals surface area (Å²) in [5, 5.41) is 32.0. The molecule has 0 saturated heterocycles. The van der Waals surface area contributed by atoms with E-state index in [9.17, 15) is 5.21 Å². The number of hydrogen-bond donors (Lipinski definition) is 1. The first-order valence-corrected chi connectivity index (χ1v) is 20.7. The molecule has 0 spiro atoms. The van der Waals surface area contributed by atoms with Gasteiger partial charge in [-0.15, -0.1) is 11.5 Å². The molecule has 0 radical (unpaired) electrons. The normalized spacial score (nSPS) is 11.6. The predicted octanol–water partition coefficient (Wildman–Crippen LogP) is 6.53. The summed E-state index contributed by atoms with van der Waals surface area (Å²) in [4.78, 5) is 0.861. The molecule has 1 N–H and O–H groups in total. The minimum Gasteiger partial charge on any atom is -0.491 e. The molecule has 5 aromatic rings. The van der Waals surface area contributed by atoms with Crippen molar-refractivity contribution in [3.63, 3.8) is 0 Å². The van der Waals surface area contributed by atoms with Crippen LogP contribution >= 0.6 is 11.8 Å². The zero-order valence-corrected chi connectivity index (χ0v) is 34.6. The topological polar surface area (TPSA) is 161 Å². The lowest BCUT2D eigenvalue weighted by Crippen LogP contribution is -2.20. The summed E-state index contributed by atoms with van der Waals surface area (Å²) in [7, 11) is 0. The van der Waals surface area contributed by atoms with Crippen LogP contribution in [0, 0.1) is 23.0 Å². The van der Waals surface area contributed by atoms with E-state index in [0.29, 0.717) is 133 Å². The predicted molar refractivity (Wildman–Crippen MR) is 228 cm³/mol. The zero-order chi connectivity index (χ0) is 42.3. The molecule has 15 nitrogen and oxygen atoms in total. The van der Waals surface area contributed by atoms with Gasteiger partial charge in [-0.1, -0.05) is 53.6 Å². The van der Waals surface area contributed by atoms with Crippen LogP contribution in [0.3, 0.4) is 0 Å². The van der Waals surface area contributed by atoms with E-state index in [1.54, 1.807) is 18.2 Å². The fourth-order valence-electron chi connectivity index (χ4n) is 6.20. The summed E-state index contributed by atoms with van der Waals surface area (Å²) in [5.41, 5.74) is 5.01. The SMILES string of the molecule is C#CCOCCOCCOc1cc(OCCOCCOCCn2nnc3c2-c2ccccc2CN(O)c2ccccc2-3)cc(OCCOCCOc2ccc(SC#N)cc2)c1. The van der Waals surface area contributed by atoms with E-state index >= 15 is 0 Å². The highest BCUT2D eigenvalue weighted by Gasteiger charge is 2.25. The van der Waals surface area contributed by atoms with Crippen molar-refractivity contribution in [2.75, 3.05) is 97.6 Å². The molecule has 6 rings (SSSR count). The Morgan fingerprint density at radius 3 is 1.75 bits per heavy atom. The summed E-state index contributed by atoms with van der Waals surface area (Å²) >= 11 is 1.10. The van der Waals surface area contributed by atoms with Crippen molar-refractivity contribution in [2.45, 2.75) is 18.0 Å². The first-order valence-electron chi connectivity index (χ1n) is 19.8. The number of hydroxylamine groups is 1. The van der Waals surface area contributed by atoms with Gasteiger partial charge in [-0.2, -0.15) is 5.26 Å². The van der Waals surface area contributed by atoms with E-state index in [1.165, 1.54) is 5.06 Å². The Bertz CT molecular complexity index is 2170. The maximum atomic E-state index is 10.9. The summed E-state index contributed by atoms with van der Waals surface area (Å²) in [6, 6.07) is 28.3. The molecular formula is C45H49N5O10S. The second kappa shape index (κ2) is 25.1. The molecule has 0 atom stereocenters. The number of nitrogens with zero attached hydrogens (tertiary/aromatic N) is 5. The van der Waals surface area contributed by atoms with Crippen LogP contribution in [0.4, 0.5) is 5.69 Å². The highest BCUT2D eigenvalue weighted by Crippen LogP contribution is 2.40. The molecule has 1 aromatic heterocycles. The molecular weight excluding hydrogens is 803 g/mol. The Morgan fingerprint density at radius 2 is 1.15 bits per heavy atom. The number of thiocyanates is 1. The lowest BCUT2D eigenvalue weighted by Gasteiger charge is -2.24. The third kappa shape index (κ3) is 14.1. The van der Waals surface area contributed by atoms with Gasteiger partial charge in [0.2, 0.25) is 0 Å². The van der Waals surface area contributed by atoms with E-state index in [0.717, 1.165) is 39.0 Å². The Hall–Kier alpha value is -5.82. The third-order valence-electron chi connectivity index (χ3n) is 8.97. The zero-order valence-electron chi connectivity index (χ0n) is 33.8. The summed E-state index contributed by atoms with van der Waals surface area (Å²) in [6.45, 7) is 5.78. The van der Waals surface area contributed by atoms with Crippen LogP contribution in [0.5, 0.6) is 23.0 Å². The molecule has 2 heterocycles. The largest absolute Gasteiger partial charge is 0.491 e. The Balaban J connectivity index is 0.913. The van der Waals surface area contributed by atoms with Crippen LogP contribution in [0.2, 0.25) is 0 Å². The van der Waals surface area contributed by atoms with Gasteiger partial charge >= 0.3 is 0 Å². The number of terminal acetylenes is 1. The number of fused-ring (bicyclic) bond motifs is 5. The number of ether oxygens (including phenoxy) is 9. The van der Waals surface area contributed by atoms with E-state index in [-0.39, 0.29) is 6.61 Å². The van der Waals surface area contributed by atoms with Gasteiger partial charge in [0.15, 0.2) is 0 Å². The van der Waals surface area contributed by atoms with Gasteiger partial charge in [-0.05, 0) is 47.7 Å². The molecule has 0 saturated carbocycles. The average molecular weight is 852 g/mol. The molecule has 1 aliphatic heterocycles. The lowest BCUT2D eigenvalue weighted by atomic mass is 9.96. The molecule has 320 valence electrons. The fourth-order valence-corrected chi connectivity index (χ4v) is 6.58. The number of hydrogen-bond acceptors (Lipinski definition) is 15. The van der Waals surface area contributed by atoms with E-state index in [1.807, 2.05) is 82.9 Å².